The topological polar surface area (TPSA) is 110 Å². The van der Waals surface area contributed by atoms with Crippen LogP contribution in [-0.2, 0) is 10.0 Å². The molecule has 0 fully saturated rings. The van der Waals surface area contributed by atoms with E-state index >= 15 is 0 Å². The van der Waals surface area contributed by atoms with Gasteiger partial charge in [-0.1, -0.05) is 59.9 Å². The summed E-state index contributed by atoms with van der Waals surface area (Å²) in [5.41, 5.74) is 1.51. The van der Waals surface area contributed by atoms with Crippen molar-refractivity contribution in [2.24, 2.45) is 0 Å². The van der Waals surface area contributed by atoms with Crippen LogP contribution >= 0.6 is 11.3 Å². The zero-order valence-corrected chi connectivity index (χ0v) is 18.5. The van der Waals surface area contributed by atoms with Gasteiger partial charge >= 0.3 is 0 Å². The van der Waals surface area contributed by atoms with Gasteiger partial charge in [-0.05, 0) is 42.8 Å². The van der Waals surface area contributed by atoms with Gasteiger partial charge in [0.15, 0.2) is 5.75 Å². The van der Waals surface area contributed by atoms with Gasteiger partial charge in [0.1, 0.15) is 5.75 Å². The number of ether oxygens (including phenoxy) is 1. The first kappa shape index (κ1) is 21.5. The van der Waals surface area contributed by atoms with Crippen LogP contribution in [0.4, 0.5) is 10.8 Å². The highest BCUT2D eigenvalue weighted by Crippen LogP contribution is 2.31. The molecule has 162 valence electrons. The molecule has 0 aliphatic carbocycles. The summed E-state index contributed by atoms with van der Waals surface area (Å²) in [5.74, 6) is 0.508. The summed E-state index contributed by atoms with van der Waals surface area (Å²) >= 11 is 0.752. The highest BCUT2D eigenvalue weighted by Gasteiger charge is 2.23. The number of carbonyl (C=O) groups excluding carboxylic acids is 1. The molecule has 8 nitrogen and oxygen atoms in total. The van der Waals surface area contributed by atoms with Crippen LogP contribution in [0.15, 0.2) is 83.2 Å². The highest BCUT2D eigenvalue weighted by molar-refractivity contribution is 7.94. The molecule has 1 heterocycles. The third kappa shape index (κ3) is 4.93. The lowest BCUT2D eigenvalue weighted by atomic mass is 10.1. The van der Waals surface area contributed by atoms with E-state index in [2.05, 4.69) is 20.2 Å². The predicted octanol–water partition coefficient (Wildman–Crippen LogP) is 4.69. The fourth-order valence-corrected chi connectivity index (χ4v) is 4.77. The standard InChI is InChI=1S/C22H18N4O4S2/c1-15-9-5-6-12-17(15)20(27)23-21-24-25-22(31-21)32(28,29)26-18-13-7-8-14-19(18)30-16-10-3-2-4-11-16/h2-14,26H,1H3,(H,23,24,27). The lowest BCUT2D eigenvalue weighted by molar-refractivity contribution is 0.102. The minimum atomic E-state index is -4.05. The zero-order chi connectivity index (χ0) is 22.6. The first-order chi connectivity index (χ1) is 15.4. The molecule has 1 aromatic heterocycles. The number of sulfonamides is 1. The minimum Gasteiger partial charge on any atom is -0.455 e. The second-order valence-corrected chi connectivity index (χ2v) is 9.49. The van der Waals surface area contributed by atoms with Crippen LogP contribution in [0, 0.1) is 6.92 Å². The van der Waals surface area contributed by atoms with E-state index in [-0.39, 0.29) is 15.2 Å². The molecule has 0 saturated heterocycles. The minimum absolute atomic E-state index is 0.0763. The van der Waals surface area contributed by atoms with Crippen molar-refractivity contribution in [3.8, 4) is 11.5 Å². The van der Waals surface area contributed by atoms with Crippen LogP contribution in [-0.4, -0.2) is 24.5 Å². The maximum Gasteiger partial charge on any atom is 0.291 e. The molecule has 0 saturated carbocycles. The average molecular weight is 467 g/mol. The summed E-state index contributed by atoms with van der Waals surface area (Å²) in [6.07, 6.45) is 0. The number of nitrogens with one attached hydrogen (secondary N) is 2. The summed E-state index contributed by atoms with van der Waals surface area (Å²) in [6, 6.07) is 22.7. The third-order valence-corrected chi connectivity index (χ3v) is 6.92. The van der Waals surface area contributed by atoms with E-state index in [9.17, 15) is 13.2 Å². The van der Waals surface area contributed by atoms with Crippen molar-refractivity contribution in [1.82, 2.24) is 10.2 Å². The maximum absolute atomic E-state index is 12.9. The summed E-state index contributed by atoms with van der Waals surface area (Å²) in [6.45, 7) is 1.81. The van der Waals surface area contributed by atoms with Gasteiger partial charge in [0.25, 0.3) is 20.3 Å². The van der Waals surface area contributed by atoms with E-state index in [1.54, 1.807) is 48.5 Å². The van der Waals surface area contributed by atoms with Crippen molar-refractivity contribution in [2.45, 2.75) is 11.3 Å². The molecule has 0 atom stereocenters. The Kier molecular flexibility index (Phi) is 6.15. The lowest BCUT2D eigenvalue weighted by Gasteiger charge is -2.12. The first-order valence-electron chi connectivity index (χ1n) is 9.47. The Labute approximate surface area is 189 Å². The second-order valence-electron chi connectivity index (χ2n) is 6.66. The summed E-state index contributed by atoms with van der Waals surface area (Å²) in [5, 5.41) is 10.2. The Bertz CT molecular complexity index is 1360. The largest absolute Gasteiger partial charge is 0.455 e. The number of aromatic nitrogens is 2. The number of hydrogen-bond acceptors (Lipinski definition) is 7. The number of hydrogen-bond donors (Lipinski definition) is 2. The highest BCUT2D eigenvalue weighted by atomic mass is 32.2. The monoisotopic (exact) mass is 466 g/mol. The van der Waals surface area contributed by atoms with Crippen molar-refractivity contribution in [1.29, 1.82) is 0 Å². The first-order valence-corrected chi connectivity index (χ1v) is 11.8. The fraction of sp³-hybridized carbons (Fsp3) is 0.0455. The zero-order valence-electron chi connectivity index (χ0n) is 16.8. The Morgan fingerprint density at radius 2 is 1.59 bits per heavy atom. The number of nitrogens with zero attached hydrogens (tertiary/aromatic N) is 2. The quantitative estimate of drug-likeness (QED) is 0.382. The van der Waals surface area contributed by atoms with Crippen LogP contribution < -0.4 is 14.8 Å². The van der Waals surface area contributed by atoms with Gasteiger partial charge in [-0.25, -0.2) is 0 Å². The van der Waals surface area contributed by atoms with E-state index in [0.717, 1.165) is 16.9 Å². The SMILES string of the molecule is Cc1ccccc1C(=O)Nc1nnc(S(=O)(=O)Nc2ccccc2Oc2ccccc2)s1. The van der Waals surface area contributed by atoms with Gasteiger partial charge < -0.3 is 4.74 Å². The number of rotatable bonds is 7. The molecule has 0 spiro atoms. The van der Waals surface area contributed by atoms with Crippen molar-refractivity contribution >= 4 is 38.1 Å². The summed E-state index contributed by atoms with van der Waals surface area (Å²) < 4.78 is 33.7. The fourth-order valence-electron chi connectivity index (χ4n) is 2.80. The molecule has 0 radical (unpaired) electrons. The Hall–Kier alpha value is -3.76. The van der Waals surface area contributed by atoms with Gasteiger partial charge in [-0.3, -0.25) is 14.8 Å². The van der Waals surface area contributed by atoms with Gasteiger partial charge in [0.2, 0.25) is 5.13 Å². The summed E-state index contributed by atoms with van der Waals surface area (Å²) in [7, 11) is -4.05. The van der Waals surface area contributed by atoms with Crippen LogP contribution in [0.3, 0.4) is 0 Å². The molecule has 1 amide bonds. The third-order valence-electron chi connectivity index (χ3n) is 4.35. The van der Waals surface area contributed by atoms with E-state index in [4.69, 9.17) is 4.74 Å². The van der Waals surface area contributed by atoms with Gasteiger partial charge in [-0.15, -0.1) is 10.2 Å². The molecular formula is C22H18N4O4S2. The molecule has 4 aromatic rings. The Morgan fingerprint density at radius 1 is 0.906 bits per heavy atom. The van der Waals surface area contributed by atoms with Crippen LogP contribution in [0.5, 0.6) is 11.5 Å². The smallest absolute Gasteiger partial charge is 0.291 e. The lowest BCUT2D eigenvalue weighted by Crippen LogP contribution is -2.13. The molecule has 0 unspecified atom stereocenters. The number of para-hydroxylation sites is 3. The van der Waals surface area contributed by atoms with Crippen molar-refractivity contribution in [2.75, 3.05) is 10.0 Å². The molecule has 2 N–H and O–H groups in total. The average Bonchev–Trinajstić information content (AvgIpc) is 3.25. The van der Waals surface area contributed by atoms with Gasteiger partial charge in [-0.2, -0.15) is 8.42 Å². The van der Waals surface area contributed by atoms with Crippen molar-refractivity contribution in [3.63, 3.8) is 0 Å². The number of aryl methyl sites for hydroxylation is 1. The van der Waals surface area contributed by atoms with Crippen LogP contribution in [0.2, 0.25) is 0 Å². The molecule has 0 aliphatic heterocycles. The van der Waals surface area contributed by atoms with Crippen LogP contribution in [0.25, 0.3) is 0 Å². The van der Waals surface area contributed by atoms with Crippen molar-refractivity contribution < 1.29 is 17.9 Å². The summed E-state index contributed by atoms with van der Waals surface area (Å²) in [4.78, 5) is 12.4. The van der Waals surface area contributed by atoms with Crippen molar-refractivity contribution in [3.05, 3.63) is 90.0 Å². The Morgan fingerprint density at radius 3 is 2.38 bits per heavy atom. The van der Waals surface area contributed by atoms with E-state index in [1.165, 1.54) is 0 Å². The Balaban J connectivity index is 1.51. The van der Waals surface area contributed by atoms with E-state index in [0.29, 0.717) is 17.1 Å². The van der Waals surface area contributed by atoms with Crippen LogP contribution in [0.1, 0.15) is 15.9 Å². The van der Waals surface area contributed by atoms with E-state index < -0.39 is 15.9 Å². The molecule has 4 rings (SSSR count). The van der Waals surface area contributed by atoms with E-state index in [1.807, 2.05) is 37.3 Å². The number of amides is 1. The predicted molar refractivity (Wildman–Crippen MR) is 123 cm³/mol. The molecule has 32 heavy (non-hydrogen) atoms. The molecule has 10 heteroatoms. The number of benzene rings is 3. The normalized spacial score (nSPS) is 11.0. The maximum atomic E-state index is 12.9. The molecule has 3 aromatic carbocycles. The number of carbonyl (C=O) groups is 1. The van der Waals surface area contributed by atoms with Gasteiger partial charge in [0.05, 0.1) is 5.69 Å². The molecular weight excluding hydrogens is 448 g/mol. The second kappa shape index (κ2) is 9.16. The van der Waals surface area contributed by atoms with Gasteiger partial charge in [0, 0.05) is 5.56 Å². The number of anilines is 2. The molecule has 0 bridgehead atoms. The molecule has 0 aliphatic rings.